The zero-order valence-corrected chi connectivity index (χ0v) is 15.4. The van der Waals surface area contributed by atoms with Crippen LogP contribution in [0.2, 0.25) is 0 Å². The molecule has 0 saturated heterocycles. The highest BCUT2D eigenvalue weighted by Crippen LogP contribution is 2.37. The maximum Gasteiger partial charge on any atom is 0.306 e. The van der Waals surface area contributed by atoms with Gasteiger partial charge in [0.05, 0.1) is 5.56 Å². The van der Waals surface area contributed by atoms with E-state index < -0.39 is 5.91 Å². The molecule has 2 rings (SSSR count). The van der Waals surface area contributed by atoms with Gasteiger partial charge in [0, 0.05) is 18.2 Å². The molecule has 0 aliphatic heterocycles. The lowest BCUT2D eigenvalue weighted by Crippen LogP contribution is -2.23. The lowest BCUT2D eigenvalue weighted by Gasteiger charge is -2.19. The van der Waals surface area contributed by atoms with Crippen molar-refractivity contribution >= 4 is 17.7 Å². The van der Waals surface area contributed by atoms with Crippen LogP contribution in [0.3, 0.4) is 0 Å². The van der Waals surface area contributed by atoms with Crippen molar-refractivity contribution in [2.75, 3.05) is 11.9 Å². The second-order valence-corrected chi connectivity index (χ2v) is 6.67. The zero-order valence-electron chi connectivity index (χ0n) is 15.4. The summed E-state index contributed by atoms with van der Waals surface area (Å²) in [7, 11) is 0. The summed E-state index contributed by atoms with van der Waals surface area (Å²) < 4.78 is 7.09. The van der Waals surface area contributed by atoms with Crippen molar-refractivity contribution in [3.8, 4) is 6.07 Å². The van der Waals surface area contributed by atoms with E-state index in [0.717, 1.165) is 49.8 Å². The molecule has 0 unspecified atom stereocenters. The number of nitrogens with zero attached hydrogens (tertiary/aromatic N) is 2. The minimum absolute atomic E-state index is 0.309. The van der Waals surface area contributed by atoms with Gasteiger partial charge in [0.25, 0.3) is 5.91 Å². The molecule has 1 N–H and O–H groups in total. The minimum atomic E-state index is -0.405. The quantitative estimate of drug-likeness (QED) is 0.763. The van der Waals surface area contributed by atoms with Gasteiger partial charge in [0.15, 0.2) is 6.61 Å². The van der Waals surface area contributed by atoms with Crippen LogP contribution in [0.25, 0.3) is 0 Å². The summed E-state index contributed by atoms with van der Waals surface area (Å²) in [6, 6.07) is 2.51. The van der Waals surface area contributed by atoms with Crippen molar-refractivity contribution in [3.63, 3.8) is 0 Å². The van der Waals surface area contributed by atoms with Gasteiger partial charge >= 0.3 is 5.97 Å². The highest BCUT2D eigenvalue weighted by atomic mass is 16.5. The summed E-state index contributed by atoms with van der Waals surface area (Å²) in [4.78, 5) is 23.8. The normalized spacial score (nSPS) is 14.3. The van der Waals surface area contributed by atoms with Gasteiger partial charge in [-0.3, -0.25) is 9.59 Å². The smallest absolute Gasteiger partial charge is 0.306 e. The molecule has 1 aromatic rings. The fourth-order valence-corrected chi connectivity index (χ4v) is 3.41. The van der Waals surface area contributed by atoms with E-state index in [1.54, 1.807) is 0 Å². The Hall–Kier alpha value is -2.29. The number of anilines is 1. The number of nitriles is 1. The number of unbranched alkanes of at least 4 members (excludes halogenated alkanes) is 1. The number of hydrogen-bond acceptors (Lipinski definition) is 4. The van der Waals surface area contributed by atoms with Crippen LogP contribution >= 0.6 is 0 Å². The summed E-state index contributed by atoms with van der Waals surface area (Å²) >= 11 is 0. The van der Waals surface area contributed by atoms with Crippen molar-refractivity contribution in [1.29, 1.82) is 5.26 Å². The number of carbonyl (C=O) groups excluding carboxylic acids is 2. The molecule has 0 spiro atoms. The van der Waals surface area contributed by atoms with Crippen molar-refractivity contribution in [2.45, 2.75) is 71.8 Å². The van der Waals surface area contributed by atoms with Gasteiger partial charge in [0.1, 0.15) is 11.9 Å². The van der Waals surface area contributed by atoms with Crippen LogP contribution in [0.4, 0.5) is 5.82 Å². The number of carbonyl (C=O) groups is 2. The van der Waals surface area contributed by atoms with Gasteiger partial charge in [-0.05, 0) is 38.7 Å². The molecule has 25 heavy (non-hydrogen) atoms. The molecule has 1 aliphatic rings. The Kier molecular flexibility index (Phi) is 6.63. The second kappa shape index (κ2) is 8.70. The molecule has 6 nitrogen and oxygen atoms in total. The third kappa shape index (κ3) is 4.41. The van der Waals surface area contributed by atoms with Gasteiger partial charge in [-0.25, -0.2) is 0 Å². The standard InChI is InChI=1S/C19H27N3O3/c1-4-5-10-18(24)25-12-17(23)21-19-16(11-20)13(2)14(3)22(19)15-8-6-7-9-15/h15H,4-10,12H2,1-3H3,(H,21,23). The molecule has 136 valence electrons. The van der Waals surface area contributed by atoms with Gasteiger partial charge in [-0.1, -0.05) is 26.2 Å². The molecule has 0 aromatic carbocycles. The Morgan fingerprint density at radius 3 is 2.60 bits per heavy atom. The minimum Gasteiger partial charge on any atom is -0.456 e. The number of aromatic nitrogens is 1. The van der Waals surface area contributed by atoms with E-state index in [1.807, 2.05) is 20.8 Å². The first-order valence-corrected chi connectivity index (χ1v) is 9.06. The lowest BCUT2D eigenvalue weighted by atomic mass is 10.2. The molecule has 1 heterocycles. The van der Waals surface area contributed by atoms with Crippen molar-refractivity contribution in [3.05, 3.63) is 16.8 Å². The highest BCUT2D eigenvalue weighted by molar-refractivity contribution is 5.93. The van der Waals surface area contributed by atoms with E-state index in [9.17, 15) is 14.9 Å². The number of nitrogens with one attached hydrogen (secondary N) is 1. The fraction of sp³-hybridized carbons (Fsp3) is 0.632. The summed E-state index contributed by atoms with van der Waals surface area (Å²) in [6.07, 6.45) is 6.40. The average molecular weight is 345 g/mol. The van der Waals surface area contributed by atoms with Crippen LogP contribution in [-0.4, -0.2) is 23.1 Å². The topological polar surface area (TPSA) is 84.1 Å². The summed E-state index contributed by atoms with van der Waals surface area (Å²) in [5, 5.41) is 12.3. The van der Waals surface area contributed by atoms with E-state index in [0.29, 0.717) is 23.8 Å². The van der Waals surface area contributed by atoms with Crippen molar-refractivity contribution < 1.29 is 14.3 Å². The Labute approximate surface area is 149 Å². The molecule has 1 saturated carbocycles. The summed E-state index contributed by atoms with van der Waals surface area (Å²) in [5.74, 6) is -0.229. The van der Waals surface area contributed by atoms with E-state index in [-0.39, 0.29) is 12.6 Å². The van der Waals surface area contributed by atoms with E-state index in [1.165, 1.54) is 0 Å². The number of esters is 1. The van der Waals surface area contributed by atoms with E-state index in [2.05, 4.69) is 16.0 Å². The predicted octanol–water partition coefficient (Wildman–Crippen LogP) is 3.76. The number of hydrogen-bond donors (Lipinski definition) is 1. The molecule has 6 heteroatoms. The Balaban J connectivity index is 2.12. The van der Waals surface area contributed by atoms with E-state index >= 15 is 0 Å². The van der Waals surface area contributed by atoms with Crippen molar-refractivity contribution in [2.24, 2.45) is 0 Å². The Morgan fingerprint density at radius 2 is 2.00 bits per heavy atom. The van der Waals surface area contributed by atoms with E-state index in [4.69, 9.17) is 4.74 Å². The molecule has 1 fully saturated rings. The average Bonchev–Trinajstić information content (AvgIpc) is 3.19. The van der Waals surface area contributed by atoms with Crippen LogP contribution in [-0.2, 0) is 14.3 Å². The zero-order chi connectivity index (χ0) is 18.4. The molecular formula is C19H27N3O3. The van der Waals surface area contributed by atoms with Crippen molar-refractivity contribution in [1.82, 2.24) is 4.57 Å². The third-order valence-corrected chi connectivity index (χ3v) is 4.91. The lowest BCUT2D eigenvalue weighted by molar-refractivity contribution is -0.147. The largest absolute Gasteiger partial charge is 0.456 e. The van der Waals surface area contributed by atoms with Gasteiger partial charge in [0.2, 0.25) is 0 Å². The SMILES string of the molecule is CCCCC(=O)OCC(=O)Nc1c(C#N)c(C)c(C)n1C1CCCC1. The molecule has 0 bridgehead atoms. The molecule has 0 radical (unpaired) electrons. The van der Waals surface area contributed by atoms with Crippen LogP contribution in [0, 0.1) is 25.2 Å². The summed E-state index contributed by atoms with van der Waals surface area (Å²) in [5.41, 5.74) is 2.40. The maximum absolute atomic E-state index is 12.2. The fourth-order valence-electron chi connectivity index (χ4n) is 3.41. The second-order valence-electron chi connectivity index (χ2n) is 6.67. The molecule has 1 aliphatic carbocycles. The van der Waals surface area contributed by atoms with Crippen LogP contribution < -0.4 is 5.32 Å². The molecule has 1 amide bonds. The molecule has 0 atom stereocenters. The maximum atomic E-state index is 12.2. The molecular weight excluding hydrogens is 318 g/mol. The first kappa shape index (κ1) is 19.0. The third-order valence-electron chi connectivity index (χ3n) is 4.91. The Morgan fingerprint density at radius 1 is 1.32 bits per heavy atom. The van der Waals surface area contributed by atoms with Crippen LogP contribution in [0.15, 0.2) is 0 Å². The Bertz CT molecular complexity index is 679. The highest BCUT2D eigenvalue weighted by Gasteiger charge is 2.26. The van der Waals surface area contributed by atoms with Gasteiger partial charge in [-0.15, -0.1) is 0 Å². The first-order valence-electron chi connectivity index (χ1n) is 9.06. The van der Waals surface area contributed by atoms with Crippen LogP contribution in [0.5, 0.6) is 0 Å². The van der Waals surface area contributed by atoms with Gasteiger partial charge < -0.3 is 14.6 Å². The van der Waals surface area contributed by atoms with Crippen LogP contribution in [0.1, 0.15) is 74.7 Å². The number of ether oxygens (including phenoxy) is 1. The summed E-state index contributed by atoms with van der Waals surface area (Å²) in [6.45, 7) is 5.56. The van der Waals surface area contributed by atoms with Gasteiger partial charge in [-0.2, -0.15) is 5.26 Å². The predicted molar refractivity (Wildman–Crippen MR) is 95.2 cm³/mol. The first-order chi connectivity index (χ1) is 12.0. The number of rotatable bonds is 7. The molecule has 1 aromatic heterocycles. The monoisotopic (exact) mass is 345 g/mol. The number of amides is 1.